The maximum atomic E-state index is 11.5. The molecule has 0 N–H and O–H groups in total. The number of amides is 1. The minimum atomic E-state index is -0.0440. The van der Waals surface area contributed by atoms with Gasteiger partial charge in [0.1, 0.15) is 5.75 Å². The molecule has 3 rings (SSSR count). The van der Waals surface area contributed by atoms with Gasteiger partial charge in [-0.25, -0.2) is 4.99 Å². The lowest BCUT2D eigenvalue weighted by molar-refractivity contribution is 0.116. The first kappa shape index (κ1) is 17.5. The summed E-state index contributed by atoms with van der Waals surface area (Å²) in [5.74, 6) is 0.949. The largest absolute Gasteiger partial charge is 0.493 e. The average molecular weight is 346 g/mol. The van der Waals surface area contributed by atoms with Crippen LogP contribution < -0.4 is 4.74 Å². The summed E-state index contributed by atoms with van der Waals surface area (Å²) >= 11 is 1.35. The molecule has 2 aliphatic rings. The fourth-order valence-electron chi connectivity index (χ4n) is 3.61. The zero-order valence-corrected chi connectivity index (χ0v) is 15.5. The van der Waals surface area contributed by atoms with Crippen LogP contribution in [0.5, 0.6) is 5.75 Å². The third-order valence-corrected chi connectivity index (χ3v) is 6.22. The van der Waals surface area contributed by atoms with Crippen molar-refractivity contribution in [3.05, 3.63) is 29.8 Å². The second kappa shape index (κ2) is 7.73. The fraction of sp³-hybridized carbons (Fsp3) is 0.600. The van der Waals surface area contributed by atoms with Crippen LogP contribution in [-0.2, 0) is 6.42 Å². The number of nitrogens with zero attached hydrogens (tertiary/aromatic N) is 1. The minimum Gasteiger partial charge on any atom is -0.493 e. The van der Waals surface area contributed by atoms with Gasteiger partial charge in [0.05, 0.1) is 11.9 Å². The molecule has 1 unspecified atom stereocenters. The highest BCUT2D eigenvalue weighted by Gasteiger charge is 2.28. The number of carbonyl (C=O) groups is 1. The van der Waals surface area contributed by atoms with Crippen molar-refractivity contribution in [2.45, 2.75) is 64.0 Å². The number of aliphatic imine (C=N–C) groups is 1. The van der Waals surface area contributed by atoms with Gasteiger partial charge in [-0.05, 0) is 43.4 Å². The van der Waals surface area contributed by atoms with Crippen molar-refractivity contribution in [1.82, 2.24) is 0 Å². The van der Waals surface area contributed by atoms with Crippen LogP contribution in [0.15, 0.2) is 29.3 Å². The Hall–Kier alpha value is -1.29. The summed E-state index contributed by atoms with van der Waals surface area (Å²) in [5.41, 5.74) is 2.60. The van der Waals surface area contributed by atoms with Crippen molar-refractivity contribution in [2.75, 3.05) is 6.61 Å². The van der Waals surface area contributed by atoms with Gasteiger partial charge in [0.25, 0.3) is 0 Å². The summed E-state index contributed by atoms with van der Waals surface area (Å²) in [5, 5.41) is 0.160. The van der Waals surface area contributed by atoms with E-state index in [1.54, 1.807) is 0 Å². The standard InChI is InChI=1S/C20H27NO2S/c1-3-17-18(24-19(22)21-17)13-15-7-9-16(10-8-15)23-14-20(2)11-5-4-6-12-20/h7-10,18H,3-6,11-14H2,1-2H3. The van der Waals surface area contributed by atoms with Crippen LogP contribution in [0, 0.1) is 5.41 Å². The van der Waals surface area contributed by atoms with E-state index >= 15 is 0 Å². The molecule has 24 heavy (non-hydrogen) atoms. The highest BCUT2D eigenvalue weighted by atomic mass is 32.2. The summed E-state index contributed by atoms with van der Waals surface area (Å²) < 4.78 is 6.05. The zero-order chi connectivity index (χ0) is 17.0. The Morgan fingerprint density at radius 2 is 1.92 bits per heavy atom. The van der Waals surface area contributed by atoms with Crippen LogP contribution in [0.2, 0.25) is 0 Å². The Labute approximate surface area is 149 Å². The first-order valence-electron chi connectivity index (χ1n) is 9.08. The minimum absolute atomic E-state index is 0.0440. The molecule has 1 heterocycles. The quantitative estimate of drug-likeness (QED) is 0.667. The van der Waals surface area contributed by atoms with Crippen molar-refractivity contribution < 1.29 is 9.53 Å². The molecule has 0 saturated heterocycles. The van der Waals surface area contributed by atoms with Crippen LogP contribution in [0.25, 0.3) is 0 Å². The molecule has 0 spiro atoms. The van der Waals surface area contributed by atoms with Gasteiger partial charge in [-0.2, -0.15) is 0 Å². The van der Waals surface area contributed by atoms with Crippen LogP contribution in [-0.4, -0.2) is 22.8 Å². The van der Waals surface area contributed by atoms with E-state index < -0.39 is 0 Å². The van der Waals surface area contributed by atoms with Gasteiger partial charge in [0.15, 0.2) is 0 Å². The fourth-order valence-corrected chi connectivity index (χ4v) is 4.66. The second-order valence-corrected chi connectivity index (χ2v) is 8.49. The Balaban J connectivity index is 1.54. The molecule has 3 nitrogen and oxygen atoms in total. The molecule has 1 aliphatic heterocycles. The number of thioether (sulfide) groups is 1. The molecule has 1 saturated carbocycles. The number of benzene rings is 1. The van der Waals surface area contributed by atoms with Gasteiger partial charge in [0, 0.05) is 11.1 Å². The Kier molecular flexibility index (Phi) is 5.65. The molecule has 0 bridgehead atoms. The third kappa shape index (κ3) is 4.41. The lowest BCUT2D eigenvalue weighted by atomic mass is 9.76. The van der Waals surface area contributed by atoms with Crippen LogP contribution >= 0.6 is 11.8 Å². The normalized spacial score (nSPS) is 23.2. The summed E-state index contributed by atoms with van der Waals surface area (Å²) in [6.45, 7) is 5.22. The van der Waals surface area contributed by atoms with E-state index in [9.17, 15) is 4.79 Å². The number of hydrogen-bond donors (Lipinski definition) is 0. The number of rotatable bonds is 6. The van der Waals surface area contributed by atoms with E-state index in [0.717, 1.165) is 30.9 Å². The van der Waals surface area contributed by atoms with E-state index in [2.05, 4.69) is 43.1 Å². The monoisotopic (exact) mass is 345 g/mol. The summed E-state index contributed by atoms with van der Waals surface area (Å²) in [6.07, 6.45) is 8.29. The first-order chi connectivity index (χ1) is 11.6. The number of carbonyl (C=O) groups excluding carboxylic acids is 1. The SMILES string of the molecule is CCC1=NC(=O)SC1Cc1ccc(OCC2(C)CCCCC2)cc1. The van der Waals surface area contributed by atoms with E-state index in [-0.39, 0.29) is 10.5 Å². The predicted molar refractivity (Wildman–Crippen MR) is 101 cm³/mol. The van der Waals surface area contributed by atoms with Crippen molar-refractivity contribution in [1.29, 1.82) is 0 Å². The molecular formula is C20H27NO2S. The Morgan fingerprint density at radius 1 is 1.21 bits per heavy atom. The van der Waals surface area contributed by atoms with Gasteiger partial charge in [-0.1, -0.05) is 57.0 Å². The molecule has 1 aromatic rings. The molecule has 130 valence electrons. The molecular weight excluding hydrogens is 318 g/mol. The first-order valence-corrected chi connectivity index (χ1v) is 9.96. The lowest BCUT2D eigenvalue weighted by Crippen LogP contribution is -2.27. The molecule has 0 radical (unpaired) electrons. The van der Waals surface area contributed by atoms with E-state index in [1.165, 1.54) is 49.4 Å². The molecule has 1 fully saturated rings. The molecule has 1 aliphatic carbocycles. The maximum Gasteiger partial charge on any atom is 0.305 e. The average Bonchev–Trinajstić information content (AvgIpc) is 2.94. The highest BCUT2D eigenvalue weighted by molar-refractivity contribution is 8.15. The smallest absolute Gasteiger partial charge is 0.305 e. The van der Waals surface area contributed by atoms with Gasteiger partial charge in [-0.3, -0.25) is 4.79 Å². The van der Waals surface area contributed by atoms with Crippen molar-refractivity contribution >= 4 is 22.7 Å². The number of ether oxygens (including phenoxy) is 1. The van der Waals surface area contributed by atoms with Crippen molar-refractivity contribution in [2.24, 2.45) is 10.4 Å². The topological polar surface area (TPSA) is 38.7 Å². The second-order valence-electron chi connectivity index (χ2n) is 7.34. The summed E-state index contributed by atoms with van der Waals surface area (Å²) in [4.78, 5) is 15.6. The lowest BCUT2D eigenvalue weighted by Gasteiger charge is -2.33. The van der Waals surface area contributed by atoms with Gasteiger partial charge in [0.2, 0.25) is 0 Å². The maximum absolute atomic E-state index is 11.5. The predicted octanol–water partition coefficient (Wildman–Crippen LogP) is 5.66. The van der Waals surface area contributed by atoms with Gasteiger partial charge >= 0.3 is 5.24 Å². The molecule has 1 amide bonds. The Bertz CT molecular complexity index is 603. The van der Waals surface area contributed by atoms with Gasteiger partial charge in [-0.15, -0.1) is 0 Å². The molecule has 1 aromatic carbocycles. The molecule has 1 atom stereocenters. The van der Waals surface area contributed by atoms with Crippen LogP contribution in [0.3, 0.4) is 0 Å². The Morgan fingerprint density at radius 3 is 2.58 bits per heavy atom. The van der Waals surface area contributed by atoms with E-state index in [0.29, 0.717) is 5.41 Å². The third-order valence-electron chi connectivity index (χ3n) is 5.20. The molecule has 4 heteroatoms. The zero-order valence-electron chi connectivity index (χ0n) is 14.7. The van der Waals surface area contributed by atoms with E-state index in [1.807, 2.05) is 0 Å². The van der Waals surface area contributed by atoms with Crippen LogP contribution in [0.4, 0.5) is 4.79 Å². The summed E-state index contributed by atoms with van der Waals surface area (Å²) in [6, 6.07) is 8.36. The summed E-state index contributed by atoms with van der Waals surface area (Å²) in [7, 11) is 0. The van der Waals surface area contributed by atoms with Gasteiger partial charge < -0.3 is 4.74 Å². The van der Waals surface area contributed by atoms with Crippen molar-refractivity contribution in [3.63, 3.8) is 0 Å². The van der Waals surface area contributed by atoms with E-state index in [4.69, 9.17) is 4.74 Å². The molecule has 0 aromatic heterocycles. The highest BCUT2D eigenvalue weighted by Crippen LogP contribution is 2.36. The number of hydrogen-bond acceptors (Lipinski definition) is 3. The van der Waals surface area contributed by atoms with Crippen molar-refractivity contribution in [3.8, 4) is 5.75 Å². The van der Waals surface area contributed by atoms with Crippen LogP contribution in [0.1, 0.15) is 57.9 Å².